The molecule has 440 valence electrons. The number of nitrogens with one attached hydrogen (secondary N) is 2. The lowest BCUT2D eigenvalue weighted by atomic mass is 9.76. The fourth-order valence-corrected chi connectivity index (χ4v) is 11.5. The molecule has 7 aliphatic rings. The zero-order chi connectivity index (χ0) is 57.8. The minimum absolute atomic E-state index is 0.0149. The molecule has 0 radical (unpaired) electrons. The molecule has 6 atom stereocenters. The molecule has 4 amide bonds. The van der Waals surface area contributed by atoms with Gasteiger partial charge >= 0.3 is 25.4 Å². The number of amides is 4. The molecule has 5 aliphatic heterocycles. The number of urea groups is 2. The largest absolute Gasteiger partial charge is 0.495 e. The number of carbonyl (C=O) groups is 2. The lowest BCUT2D eigenvalue weighted by Crippen LogP contribution is -2.41. The Morgan fingerprint density at radius 2 is 1.19 bits per heavy atom. The summed E-state index contributed by atoms with van der Waals surface area (Å²) in [5.74, 6) is 3.34. The molecule has 4 aromatic rings. The maximum absolute atomic E-state index is 12.9. The van der Waals surface area contributed by atoms with Crippen LogP contribution in [0.5, 0.6) is 0 Å². The highest BCUT2D eigenvalue weighted by molar-refractivity contribution is 6.62. The molecule has 2 aliphatic carbocycles. The SMILES string of the molecule is CC[C@@H]1CCN(C(=O)Nc2ccc(C)c(-c3cc([C@@H]4C[C@@H]4CO)nc(N4CCOCC4)c3)c2)C1.Cc1ccc(NC(=O)N2CC[C@@H](CC(F)(F)F)C2)cc1B1OC(C)(C)C(C)(C)O1.OC[C@H]1C[C@H]1c1cc(Cl)cc(N2CCOCC2)n1. The maximum Gasteiger partial charge on any atom is 0.495 e. The number of likely N-dealkylation sites (tertiary alicyclic amines) is 2. The van der Waals surface area contributed by atoms with Gasteiger partial charge in [-0.05, 0) is 162 Å². The number of nitrogens with zero attached hydrogens (tertiary/aromatic N) is 6. The van der Waals surface area contributed by atoms with Gasteiger partial charge < -0.3 is 59.2 Å². The molecule has 2 aromatic carbocycles. The van der Waals surface area contributed by atoms with E-state index in [9.17, 15) is 27.9 Å². The zero-order valence-electron chi connectivity index (χ0n) is 48.0. The summed E-state index contributed by atoms with van der Waals surface area (Å²) in [7, 11) is -0.556. The van der Waals surface area contributed by atoms with Gasteiger partial charge in [-0.2, -0.15) is 13.2 Å². The van der Waals surface area contributed by atoms with Crippen LogP contribution in [0.2, 0.25) is 5.02 Å². The van der Waals surface area contributed by atoms with Crippen molar-refractivity contribution < 1.29 is 51.8 Å². The number of carbonyl (C=O) groups excluding carboxylic acids is 2. The highest BCUT2D eigenvalue weighted by Crippen LogP contribution is 2.49. The Hall–Kier alpha value is -5.22. The number of morpholine rings is 2. The van der Waals surface area contributed by atoms with Crippen LogP contribution < -0.4 is 25.9 Å². The summed E-state index contributed by atoms with van der Waals surface area (Å²) < 4.78 is 60.8. The number of anilines is 4. The summed E-state index contributed by atoms with van der Waals surface area (Å²) in [4.78, 5) is 42.9. The van der Waals surface area contributed by atoms with Crippen molar-refractivity contribution in [3.8, 4) is 11.1 Å². The summed E-state index contributed by atoms with van der Waals surface area (Å²) in [6.45, 7) is 22.9. The van der Waals surface area contributed by atoms with Crippen LogP contribution in [-0.2, 0) is 18.8 Å². The van der Waals surface area contributed by atoms with E-state index >= 15 is 0 Å². The molecule has 0 spiro atoms. The molecule has 21 heteroatoms. The third kappa shape index (κ3) is 15.3. The van der Waals surface area contributed by atoms with Gasteiger partial charge in [0.1, 0.15) is 11.6 Å². The van der Waals surface area contributed by atoms with Crippen LogP contribution in [0.25, 0.3) is 11.1 Å². The van der Waals surface area contributed by atoms with E-state index in [1.165, 1.54) is 4.90 Å². The van der Waals surface area contributed by atoms with Crippen LogP contribution in [0.3, 0.4) is 0 Å². The van der Waals surface area contributed by atoms with Gasteiger partial charge in [-0.3, -0.25) is 0 Å². The number of hydrogen-bond donors (Lipinski definition) is 4. The number of aryl methyl sites for hydroxylation is 2. The normalized spacial score (nSPS) is 24.7. The van der Waals surface area contributed by atoms with Crippen molar-refractivity contribution in [2.45, 2.75) is 116 Å². The minimum atomic E-state index is -4.20. The number of pyridine rings is 2. The smallest absolute Gasteiger partial charge is 0.399 e. The third-order valence-electron chi connectivity index (χ3n) is 17.5. The fraction of sp³-hybridized carbons (Fsp3) is 0.600. The Kier molecular flexibility index (Phi) is 19.2. The number of ether oxygens (including phenoxy) is 2. The van der Waals surface area contributed by atoms with E-state index in [1.807, 2.05) is 63.8 Å². The predicted molar refractivity (Wildman–Crippen MR) is 311 cm³/mol. The molecule has 7 fully saturated rings. The number of rotatable bonds is 12. The Morgan fingerprint density at radius 1 is 0.691 bits per heavy atom. The molecular weight excluding hydrogens is 1060 g/mol. The van der Waals surface area contributed by atoms with E-state index in [-0.39, 0.29) is 25.8 Å². The van der Waals surface area contributed by atoms with Crippen molar-refractivity contribution in [2.24, 2.45) is 23.7 Å². The van der Waals surface area contributed by atoms with Gasteiger partial charge in [-0.1, -0.05) is 42.6 Å². The summed E-state index contributed by atoms with van der Waals surface area (Å²) in [5.41, 5.74) is 7.63. The van der Waals surface area contributed by atoms with Gasteiger partial charge in [0.25, 0.3) is 0 Å². The standard InChI is InChI=1S/C27H36N4O3.C20H28BF3N2O3.C13H17ClN2O2/c1-3-19-6-7-31(16-19)27(33)28-22-5-4-18(2)23(15-22)20-13-25(24-12-21(24)17-32)29-26(14-20)30-8-10-34-11-9-30;1-13-6-7-15(10-16(13)21-28-18(2,3)19(4,5)29-21)25-17(27)26-9-8-14(12-26)11-20(22,23)24;14-10-6-12(11-5-9(11)8-17)15-13(7-10)16-1-3-18-4-2-16/h4-5,13-15,19,21,24,32H,3,6-12,16-17H2,1-2H3,(H,28,33);6-7,10,14H,8-9,11-12H2,1-5H3,(H,25,27);6-7,9,11,17H,1-5,8H2/t19-,21-,24-;14-;9-,11-/m101/s1. The first-order valence-corrected chi connectivity index (χ1v) is 29.3. The van der Waals surface area contributed by atoms with Crippen LogP contribution in [0.4, 0.5) is 45.8 Å². The average Bonchev–Trinajstić information content (AvgIpc) is 4.32. The molecular formula is C60H81BClF3N8O8. The first-order chi connectivity index (χ1) is 38.6. The summed E-state index contributed by atoms with van der Waals surface area (Å²) >= 11 is 6.17. The highest BCUT2D eigenvalue weighted by atomic mass is 35.5. The molecule has 2 aromatic heterocycles. The molecule has 4 N–H and O–H groups in total. The quantitative estimate of drug-likeness (QED) is 0.0991. The second-order valence-electron chi connectivity index (χ2n) is 24.0. The van der Waals surface area contributed by atoms with Crippen molar-refractivity contribution in [1.29, 1.82) is 0 Å². The lowest BCUT2D eigenvalue weighted by molar-refractivity contribution is -0.143. The summed E-state index contributed by atoms with van der Waals surface area (Å²) in [6.07, 6.45) is -0.486. The number of aliphatic hydroxyl groups excluding tert-OH is 2. The molecule has 7 heterocycles. The zero-order valence-corrected chi connectivity index (χ0v) is 48.8. The maximum atomic E-state index is 12.9. The monoisotopic (exact) mass is 1140 g/mol. The number of alkyl halides is 3. The number of aromatic nitrogens is 2. The lowest BCUT2D eigenvalue weighted by Gasteiger charge is -2.32. The van der Waals surface area contributed by atoms with Crippen LogP contribution in [0, 0.1) is 37.5 Å². The molecule has 81 heavy (non-hydrogen) atoms. The molecule has 16 nitrogen and oxygen atoms in total. The van der Waals surface area contributed by atoms with Gasteiger partial charge in [0, 0.05) is 112 Å². The van der Waals surface area contributed by atoms with Gasteiger partial charge in [0.15, 0.2) is 0 Å². The second kappa shape index (κ2) is 25.7. The van der Waals surface area contributed by atoms with Crippen molar-refractivity contribution in [3.05, 3.63) is 88.2 Å². The van der Waals surface area contributed by atoms with Crippen molar-refractivity contribution >= 4 is 59.3 Å². The van der Waals surface area contributed by atoms with E-state index in [2.05, 4.69) is 58.5 Å². The predicted octanol–water partition coefficient (Wildman–Crippen LogP) is 10.0. The third-order valence-corrected chi connectivity index (χ3v) is 17.7. The van der Waals surface area contributed by atoms with E-state index in [0.29, 0.717) is 61.5 Å². The molecule has 5 saturated heterocycles. The first-order valence-electron chi connectivity index (χ1n) is 28.9. The van der Waals surface area contributed by atoms with Gasteiger partial charge in [-0.15, -0.1) is 0 Å². The summed E-state index contributed by atoms with van der Waals surface area (Å²) in [6, 6.07) is 19.3. The van der Waals surface area contributed by atoms with E-state index in [1.54, 1.807) is 12.1 Å². The Balaban J connectivity index is 0.000000153. The molecule has 0 unspecified atom stereocenters. The molecule has 0 bridgehead atoms. The van der Waals surface area contributed by atoms with Crippen LogP contribution in [0.15, 0.2) is 60.7 Å². The number of benzene rings is 2. The van der Waals surface area contributed by atoms with Gasteiger partial charge in [0.05, 0.1) is 37.6 Å². The fourth-order valence-electron chi connectivity index (χ4n) is 11.3. The number of halogens is 4. The van der Waals surface area contributed by atoms with E-state index in [4.69, 9.17) is 45.5 Å². The van der Waals surface area contributed by atoms with Gasteiger partial charge in [0.2, 0.25) is 0 Å². The van der Waals surface area contributed by atoms with Crippen LogP contribution in [-0.4, -0.2) is 159 Å². The van der Waals surface area contributed by atoms with E-state index in [0.717, 1.165) is 140 Å². The number of hydrogen-bond acceptors (Lipinski definition) is 12. The minimum Gasteiger partial charge on any atom is -0.399 e. The molecule has 2 saturated carbocycles. The average molecular weight is 1150 g/mol. The second-order valence-corrected chi connectivity index (χ2v) is 24.4. The highest BCUT2D eigenvalue weighted by Gasteiger charge is 2.52. The van der Waals surface area contributed by atoms with Crippen LogP contribution in [0.1, 0.15) is 107 Å². The van der Waals surface area contributed by atoms with Crippen molar-refractivity contribution in [1.82, 2.24) is 19.8 Å². The Bertz CT molecular complexity index is 2820. The van der Waals surface area contributed by atoms with Crippen molar-refractivity contribution in [3.63, 3.8) is 0 Å². The van der Waals surface area contributed by atoms with Crippen LogP contribution >= 0.6 is 11.6 Å². The number of aliphatic hydroxyl groups is 2. The van der Waals surface area contributed by atoms with E-state index < -0.39 is 42.9 Å². The first kappa shape index (κ1) is 60.4. The molecule has 11 rings (SSSR count). The topological polar surface area (TPSA) is 174 Å². The Morgan fingerprint density at radius 3 is 1.69 bits per heavy atom. The summed E-state index contributed by atoms with van der Waals surface area (Å²) in [5, 5.41) is 25.4. The Labute approximate surface area is 480 Å². The van der Waals surface area contributed by atoms with Gasteiger partial charge in [-0.25, -0.2) is 19.6 Å². The van der Waals surface area contributed by atoms with Crippen molar-refractivity contribution in [2.75, 3.05) is 112 Å².